The van der Waals surface area contributed by atoms with E-state index in [1.165, 1.54) is 0 Å². The van der Waals surface area contributed by atoms with E-state index in [0.29, 0.717) is 0 Å². The van der Waals surface area contributed by atoms with E-state index < -0.39 is 0 Å². The Morgan fingerprint density at radius 2 is 0.821 bits per heavy atom. The summed E-state index contributed by atoms with van der Waals surface area (Å²) < 4.78 is 11.4. The quantitative estimate of drug-likeness (QED) is 0.391. The predicted octanol–water partition coefficient (Wildman–Crippen LogP) is 6.70. The number of hydrogen-bond acceptors (Lipinski definition) is 2. The number of ether oxygens (including phenoxy) is 2. The zero-order valence-corrected chi connectivity index (χ0v) is 16.1. The zero-order chi connectivity index (χ0) is 19.3. The number of benzene rings is 4. The second-order valence-corrected chi connectivity index (χ2v) is 6.56. The van der Waals surface area contributed by atoms with E-state index in [-0.39, 0.29) is 0 Å². The number of hydrogen-bond donors (Lipinski definition) is 0. The van der Waals surface area contributed by atoms with Gasteiger partial charge in [-0.05, 0) is 34.4 Å². The van der Waals surface area contributed by atoms with Gasteiger partial charge in [-0.3, -0.25) is 0 Å². The van der Waals surface area contributed by atoms with E-state index in [1.807, 2.05) is 36.4 Å². The first-order chi connectivity index (χ1) is 13.8. The monoisotopic (exact) mass is 366 g/mol. The van der Waals surface area contributed by atoms with E-state index >= 15 is 0 Å². The smallest absolute Gasteiger partial charge is 0.127 e. The molecule has 0 N–H and O–H groups in total. The lowest BCUT2D eigenvalue weighted by Gasteiger charge is -2.14. The van der Waals surface area contributed by atoms with Crippen LogP contribution in [0.4, 0.5) is 0 Å². The van der Waals surface area contributed by atoms with E-state index in [9.17, 15) is 0 Å². The number of methoxy groups -OCH3 is 2. The summed E-state index contributed by atoms with van der Waals surface area (Å²) in [7, 11) is 3.43. The second kappa shape index (κ2) is 8.01. The molecule has 0 spiro atoms. The van der Waals surface area contributed by atoms with Crippen LogP contribution in [0.1, 0.15) is 0 Å². The molecule has 0 unspecified atom stereocenters. The van der Waals surface area contributed by atoms with Crippen LogP contribution in [0.3, 0.4) is 0 Å². The lowest BCUT2D eigenvalue weighted by Crippen LogP contribution is -1.91. The van der Waals surface area contributed by atoms with Gasteiger partial charge in [0, 0.05) is 11.1 Å². The molecule has 0 aromatic heterocycles. The summed E-state index contributed by atoms with van der Waals surface area (Å²) in [4.78, 5) is 0. The van der Waals surface area contributed by atoms with Gasteiger partial charge in [-0.2, -0.15) is 0 Å². The van der Waals surface area contributed by atoms with Crippen molar-refractivity contribution in [3.63, 3.8) is 0 Å². The van der Waals surface area contributed by atoms with Crippen LogP contribution in [-0.4, -0.2) is 14.2 Å². The van der Waals surface area contributed by atoms with Gasteiger partial charge < -0.3 is 9.47 Å². The summed E-state index contributed by atoms with van der Waals surface area (Å²) in [5.74, 6) is 1.71. The molecule has 0 atom stereocenters. The minimum absolute atomic E-state index is 0.856. The van der Waals surface area contributed by atoms with Gasteiger partial charge in [0.15, 0.2) is 0 Å². The maximum Gasteiger partial charge on any atom is 0.127 e. The van der Waals surface area contributed by atoms with Gasteiger partial charge in [0.2, 0.25) is 0 Å². The van der Waals surface area contributed by atoms with Crippen molar-refractivity contribution in [1.82, 2.24) is 0 Å². The van der Waals surface area contributed by atoms with Crippen LogP contribution in [0.15, 0.2) is 97.1 Å². The molecule has 0 saturated carbocycles. The Hall–Kier alpha value is -3.52. The van der Waals surface area contributed by atoms with Crippen LogP contribution >= 0.6 is 0 Å². The first-order valence-electron chi connectivity index (χ1n) is 9.27. The number of rotatable bonds is 5. The van der Waals surface area contributed by atoms with E-state index in [1.54, 1.807) is 14.2 Å². The van der Waals surface area contributed by atoms with Crippen molar-refractivity contribution in [3.05, 3.63) is 97.1 Å². The third-order valence-electron chi connectivity index (χ3n) is 4.91. The lowest BCUT2D eigenvalue weighted by molar-refractivity contribution is 0.416. The Kier molecular flexibility index (Phi) is 5.11. The molecule has 0 heterocycles. The summed E-state index contributed by atoms with van der Waals surface area (Å²) in [6.07, 6.45) is 0. The molecule has 28 heavy (non-hydrogen) atoms. The lowest BCUT2D eigenvalue weighted by atomic mass is 9.96. The topological polar surface area (TPSA) is 18.5 Å². The maximum atomic E-state index is 5.68. The van der Waals surface area contributed by atoms with Gasteiger partial charge >= 0.3 is 0 Å². The molecule has 2 nitrogen and oxygen atoms in total. The van der Waals surface area contributed by atoms with E-state index in [4.69, 9.17) is 9.47 Å². The van der Waals surface area contributed by atoms with Crippen molar-refractivity contribution < 1.29 is 9.47 Å². The molecule has 138 valence electrons. The highest BCUT2D eigenvalue weighted by atomic mass is 16.5. The van der Waals surface area contributed by atoms with Gasteiger partial charge in [-0.25, -0.2) is 0 Å². The van der Waals surface area contributed by atoms with Crippen LogP contribution in [0, 0.1) is 0 Å². The third kappa shape index (κ3) is 3.49. The molecule has 4 aromatic rings. The first-order valence-corrected chi connectivity index (χ1v) is 9.27. The molecule has 2 heteroatoms. The Labute approximate surface area is 166 Å². The van der Waals surface area contributed by atoms with Crippen LogP contribution < -0.4 is 9.47 Å². The highest BCUT2D eigenvalue weighted by molar-refractivity contribution is 5.80. The van der Waals surface area contributed by atoms with Gasteiger partial charge in [0.1, 0.15) is 11.5 Å². The van der Waals surface area contributed by atoms with Crippen LogP contribution in [0.2, 0.25) is 0 Å². The summed E-state index contributed by atoms with van der Waals surface area (Å²) in [5.41, 5.74) is 6.63. The second-order valence-electron chi connectivity index (χ2n) is 6.56. The normalized spacial score (nSPS) is 10.5. The Morgan fingerprint density at radius 1 is 0.429 bits per heavy atom. The molecule has 0 radical (unpaired) electrons. The fourth-order valence-corrected chi connectivity index (χ4v) is 3.45. The third-order valence-corrected chi connectivity index (χ3v) is 4.91. The maximum absolute atomic E-state index is 5.68. The average Bonchev–Trinajstić information content (AvgIpc) is 2.79. The molecule has 0 bridgehead atoms. The van der Waals surface area contributed by atoms with Crippen molar-refractivity contribution in [3.8, 4) is 44.9 Å². The molecule has 4 rings (SSSR count). The molecule has 4 aromatic carbocycles. The van der Waals surface area contributed by atoms with Crippen LogP contribution in [0.25, 0.3) is 33.4 Å². The van der Waals surface area contributed by atoms with Crippen LogP contribution in [0.5, 0.6) is 11.5 Å². The van der Waals surface area contributed by atoms with Gasteiger partial charge in [0.05, 0.1) is 14.2 Å². The molecular weight excluding hydrogens is 344 g/mol. The zero-order valence-electron chi connectivity index (χ0n) is 16.1. The molecular formula is C26H22O2. The molecule has 0 aliphatic heterocycles. The van der Waals surface area contributed by atoms with Crippen molar-refractivity contribution in [1.29, 1.82) is 0 Å². The van der Waals surface area contributed by atoms with E-state index in [0.717, 1.165) is 44.9 Å². The summed E-state index contributed by atoms with van der Waals surface area (Å²) in [6, 6.07) is 33.2. The van der Waals surface area contributed by atoms with Crippen molar-refractivity contribution >= 4 is 0 Å². The van der Waals surface area contributed by atoms with Crippen molar-refractivity contribution in [2.24, 2.45) is 0 Å². The average molecular weight is 366 g/mol. The highest BCUT2D eigenvalue weighted by Crippen LogP contribution is 2.37. The summed E-state index contributed by atoms with van der Waals surface area (Å²) in [6.45, 7) is 0. The summed E-state index contributed by atoms with van der Waals surface area (Å²) in [5, 5.41) is 0. The van der Waals surface area contributed by atoms with Gasteiger partial charge in [-0.1, -0.05) is 84.9 Å². The molecule has 0 saturated heterocycles. The minimum atomic E-state index is 0.856. The van der Waals surface area contributed by atoms with Crippen LogP contribution in [-0.2, 0) is 0 Å². The fraction of sp³-hybridized carbons (Fsp3) is 0.0769. The summed E-state index contributed by atoms with van der Waals surface area (Å²) >= 11 is 0. The largest absolute Gasteiger partial charge is 0.496 e. The fourth-order valence-electron chi connectivity index (χ4n) is 3.45. The van der Waals surface area contributed by atoms with Gasteiger partial charge in [-0.15, -0.1) is 0 Å². The van der Waals surface area contributed by atoms with Crippen molar-refractivity contribution in [2.45, 2.75) is 0 Å². The first kappa shape index (κ1) is 17.9. The Bertz CT molecular complexity index is 981. The highest BCUT2D eigenvalue weighted by Gasteiger charge is 2.11. The minimum Gasteiger partial charge on any atom is -0.496 e. The van der Waals surface area contributed by atoms with Gasteiger partial charge in [0.25, 0.3) is 0 Å². The molecule has 0 aliphatic carbocycles. The Morgan fingerprint density at radius 3 is 1.18 bits per heavy atom. The standard InChI is InChI=1S/C26H22O2/c1-27-25-17-21(13-15-23(25)19-9-5-3-6-10-19)22-14-16-24(26(18-22)28-2)20-11-7-4-8-12-20/h3-18H,1-2H3. The Balaban J connectivity index is 1.75. The predicted molar refractivity (Wildman–Crippen MR) is 116 cm³/mol. The SMILES string of the molecule is COc1cc(-c2ccc(-c3ccccc3)c(OC)c2)ccc1-c1ccccc1. The van der Waals surface area contributed by atoms with Crippen molar-refractivity contribution in [2.75, 3.05) is 14.2 Å². The molecule has 0 aliphatic rings. The van der Waals surface area contributed by atoms with E-state index in [2.05, 4.69) is 60.7 Å². The molecule has 0 amide bonds. The molecule has 0 fully saturated rings.